The van der Waals surface area contributed by atoms with Crippen molar-refractivity contribution in [2.45, 2.75) is 0 Å². The molecule has 1 aliphatic rings. The van der Waals surface area contributed by atoms with Crippen molar-refractivity contribution in [3.05, 3.63) is 118 Å². The number of rotatable bonds is 8. The zero-order chi connectivity index (χ0) is 35.8. The normalized spacial score (nSPS) is 14.3. The van der Waals surface area contributed by atoms with Gasteiger partial charge in [-0.05, 0) is 94.2 Å². The number of amides is 1. The van der Waals surface area contributed by atoms with Crippen molar-refractivity contribution >= 4 is 169 Å². The maximum Gasteiger partial charge on any atom is 0.323 e. The molecule has 53 heavy (non-hydrogen) atoms. The first-order valence-corrected chi connectivity index (χ1v) is 22.5. The van der Waals surface area contributed by atoms with Crippen LogP contribution in [0.1, 0.15) is 5.56 Å². The molecule has 0 saturated carbocycles. The van der Waals surface area contributed by atoms with Gasteiger partial charge in [0, 0.05) is 45.6 Å². The van der Waals surface area contributed by atoms with Crippen molar-refractivity contribution < 1.29 is 14.7 Å². The topological polar surface area (TPSA) is 60.9 Å². The number of nitrogens with zero attached hydrogens (tertiary/aromatic N) is 2. The van der Waals surface area contributed by atoms with Gasteiger partial charge in [-0.25, -0.2) is 0 Å². The number of anilines is 3. The summed E-state index contributed by atoms with van der Waals surface area (Å²) in [6.07, 6.45) is 1.77. The summed E-state index contributed by atoms with van der Waals surface area (Å²) in [5.74, 6) is -1.48. The Labute approximate surface area is 336 Å². The lowest BCUT2D eigenvalue weighted by Gasteiger charge is -2.26. The lowest BCUT2D eigenvalue weighted by molar-refractivity contribution is -0.140. The van der Waals surface area contributed by atoms with E-state index in [1.165, 1.54) is 58.5 Å². The monoisotopic (exact) mass is 834 g/mol. The number of thioether (sulfide) groups is 1. The highest BCUT2D eigenvalue weighted by Crippen LogP contribution is 2.47. The van der Waals surface area contributed by atoms with Crippen LogP contribution in [0, 0.1) is 0 Å². The molecule has 0 unspecified atom stereocenters. The number of hydrogen-bond acceptors (Lipinski definition) is 11. The first-order chi connectivity index (χ1) is 25.9. The molecular formula is C40H22N2O3S8. The van der Waals surface area contributed by atoms with Crippen molar-refractivity contribution in [1.82, 2.24) is 4.90 Å². The molecule has 0 bridgehead atoms. The maximum absolute atomic E-state index is 12.9. The van der Waals surface area contributed by atoms with Gasteiger partial charge in [-0.2, -0.15) is 0 Å². The molecule has 9 aromatic rings. The highest BCUT2D eigenvalue weighted by Gasteiger charge is 2.33. The number of thiocarbonyl (C=S) groups is 1. The summed E-state index contributed by atoms with van der Waals surface area (Å²) in [4.78, 5) is 30.5. The molecule has 3 aromatic carbocycles. The van der Waals surface area contributed by atoms with Gasteiger partial charge in [-0.15, -0.1) is 68.0 Å². The lowest BCUT2D eigenvalue weighted by atomic mass is 10.1. The molecule has 258 valence electrons. The number of carboxylic acids is 1. The standard InChI is InChI=1S/C40H22N2O3S8/c43-34(44)20-41-39(45)33(53-40(41)46)17-21-1-7-24(8-2-21)42(25-9-3-22(4-10-25)29-18-31-37(51-29)35-27(49-31)13-15-47-35)26-11-5-23(6-12-26)30-19-32-38(52-30)36-28(50-32)14-16-48-36/h1-19H,20H2,(H,43,44)/b33-17+. The van der Waals surface area contributed by atoms with E-state index in [-0.39, 0.29) is 10.2 Å². The molecular weight excluding hydrogens is 813 g/mol. The van der Waals surface area contributed by atoms with Gasteiger partial charge in [0.15, 0.2) is 0 Å². The Kier molecular flexibility index (Phi) is 8.37. The Morgan fingerprint density at radius 3 is 1.64 bits per heavy atom. The highest BCUT2D eigenvalue weighted by atomic mass is 32.2. The molecule has 0 aliphatic carbocycles. The van der Waals surface area contributed by atoms with Crippen LogP contribution in [0.15, 0.2) is 113 Å². The van der Waals surface area contributed by atoms with E-state index >= 15 is 0 Å². The van der Waals surface area contributed by atoms with Crippen molar-refractivity contribution in [1.29, 1.82) is 0 Å². The Bertz CT molecular complexity index is 2770. The second kappa shape index (κ2) is 13.3. The van der Waals surface area contributed by atoms with Crippen LogP contribution in [-0.2, 0) is 9.59 Å². The number of hydrogen-bond donors (Lipinski definition) is 1. The minimum absolute atomic E-state index is 0.253. The summed E-state index contributed by atoms with van der Waals surface area (Å²) < 4.78 is 11.2. The number of benzene rings is 3. The minimum atomic E-state index is -1.10. The van der Waals surface area contributed by atoms with E-state index in [1.54, 1.807) is 6.08 Å². The molecule has 7 heterocycles. The average Bonchev–Trinajstić information content (AvgIpc) is 4.02. The second-order valence-corrected chi connectivity index (χ2v) is 20.0. The van der Waals surface area contributed by atoms with Crippen LogP contribution in [0.4, 0.5) is 17.1 Å². The fourth-order valence-corrected chi connectivity index (χ4v) is 15.3. The largest absolute Gasteiger partial charge is 0.480 e. The molecule has 6 aromatic heterocycles. The Morgan fingerprint density at radius 2 is 1.15 bits per heavy atom. The Balaban J connectivity index is 0.988. The Morgan fingerprint density at radius 1 is 0.660 bits per heavy atom. The number of aliphatic carboxylic acids is 1. The number of carboxylic acid groups (broad SMARTS) is 1. The van der Waals surface area contributed by atoms with Gasteiger partial charge in [-0.1, -0.05) is 60.4 Å². The van der Waals surface area contributed by atoms with Crippen LogP contribution in [0.2, 0.25) is 0 Å². The molecule has 1 N–H and O–H groups in total. The van der Waals surface area contributed by atoms with Gasteiger partial charge in [0.05, 0.1) is 23.7 Å². The number of fused-ring (bicyclic) bond motifs is 6. The molecule has 0 radical (unpaired) electrons. The number of thiophene rings is 6. The van der Waals surface area contributed by atoms with Gasteiger partial charge in [0.2, 0.25) is 0 Å². The highest BCUT2D eigenvalue weighted by molar-refractivity contribution is 8.26. The van der Waals surface area contributed by atoms with Gasteiger partial charge < -0.3 is 10.0 Å². The molecule has 1 amide bonds. The smallest absolute Gasteiger partial charge is 0.323 e. The summed E-state index contributed by atoms with van der Waals surface area (Å²) >= 11 is 17.5. The molecule has 10 rings (SSSR count). The molecule has 5 nitrogen and oxygen atoms in total. The van der Waals surface area contributed by atoms with Crippen LogP contribution in [0.25, 0.3) is 64.6 Å². The lowest BCUT2D eigenvalue weighted by Crippen LogP contribution is -2.33. The van der Waals surface area contributed by atoms with E-state index in [0.717, 1.165) is 39.3 Å². The molecule has 13 heteroatoms. The predicted octanol–water partition coefficient (Wildman–Crippen LogP) is 13.8. The number of carbonyl (C=O) groups excluding carboxylic acids is 1. The predicted molar refractivity (Wildman–Crippen MR) is 237 cm³/mol. The van der Waals surface area contributed by atoms with E-state index in [0.29, 0.717) is 4.91 Å². The van der Waals surface area contributed by atoms with Crippen molar-refractivity contribution in [3.63, 3.8) is 0 Å². The minimum Gasteiger partial charge on any atom is -0.480 e. The average molecular weight is 835 g/mol. The quantitative estimate of drug-likeness (QED) is 0.122. The van der Waals surface area contributed by atoms with E-state index in [4.69, 9.17) is 12.2 Å². The van der Waals surface area contributed by atoms with E-state index in [2.05, 4.69) is 88.5 Å². The molecule has 0 spiro atoms. The fraction of sp³-hybridized carbons (Fsp3) is 0.0250. The van der Waals surface area contributed by atoms with Crippen molar-refractivity contribution in [2.24, 2.45) is 0 Å². The first kappa shape index (κ1) is 33.4. The summed E-state index contributed by atoms with van der Waals surface area (Å²) in [5.41, 5.74) is 6.23. The van der Waals surface area contributed by atoms with Gasteiger partial charge in [-0.3, -0.25) is 14.5 Å². The molecule has 1 aliphatic heterocycles. The molecule has 1 fully saturated rings. The van der Waals surface area contributed by atoms with Crippen molar-refractivity contribution in [3.8, 4) is 20.9 Å². The molecule has 0 atom stereocenters. The third-order valence-corrected chi connectivity index (χ3v) is 17.6. The SMILES string of the molecule is O=C(O)CN1C(=O)/C(=C\c2ccc(N(c3ccc(-c4cc5sc6ccsc6c5s4)cc3)c3ccc(-c4cc5sc6ccsc6c5s4)cc3)cc2)SC1=S. The van der Waals surface area contributed by atoms with Crippen molar-refractivity contribution in [2.75, 3.05) is 11.4 Å². The van der Waals surface area contributed by atoms with Crippen LogP contribution in [0.5, 0.6) is 0 Å². The van der Waals surface area contributed by atoms with Crippen LogP contribution < -0.4 is 4.90 Å². The molecule has 1 saturated heterocycles. The third-order valence-electron chi connectivity index (χ3n) is 8.94. The zero-order valence-electron chi connectivity index (χ0n) is 27.1. The maximum atomic E-state index is 12.9. The van der Waals surface area contributed by atoms with E-state index < -0.39 is 12.5 Å². The van der Waals surface area contributed by atoms with Crippen LogP contribution in [-0.4, -0.2) is 32.7 Å². The van der Waals surface area contributed by atoms with Crippen LogP contribution >= 0.6 is 92.0 Å². The second-order valence-electron chi connectivity index (χ2n) is 12.2. The van der Waals surface area contributed by atoms with Gasteiger partial charge >= 0.3 is 5.97 Å². The third kappa shape index (κ3) is 5.96. The summed E-state index contributed by atoms with van der Waals surface area (Å²) in [6.45, 7) is -0.444. The summed E-state index contributed by atoms with van der Waals surface area (Å²) in [6, 6.07) is 34.6. The Hall–Kier alpha value is -4.18. The summed E-state index contributed by atoms with van der Waals surface area (Å²) in [5, 5.41) is 13.6. The van der Waals surface area contributed by atoms with Gasteiger partial charge in [0.1, 0.15) is 10.9 Å². The van der Waals surface area contributed by atoms with Gasteiger partial charge in [0.25, 0.3) is 5.91 Å². The van der Waals surface area contributed by atoms with E-state index in [1.807, 2.05) is 92.3 Å². The number of carbonyl (C=O) groups is 2. The summed E-state index contributed by atoms with van der Waals surface area (Å²) in [7, 11) is 0. The fourth-order valence-electron chi connectivity index (χ4n) is 6.46. The first-order valence-electron chi connectivity index (χ1n) is 16.2. The van der Waals surface area contributed by atoms with E-state index in [9.17, 15) is 14.7 Å². The zero-order valence-corrected chi connectivity index (χ0v) is 33.6. The van der Waals surface area contributed by atoms with Crippen LogP contribution in [0.3, 0.4) is 0 Å².